The van der Waals surface area contributed by atoms with E-state index in [1.54, 1.807) is 0 Å². The van der Waals surface area contributed by atoms with Gasteiger partial charge in [-0.1, -0.05) is 50.4 Å². The Morgan fingerprint density at radius 1 is 0.600 bits per heavy atom. The second-order valence-corrected chi connectivity index (χ2v) is 6.25. The van der Waals surface area contributed by atoms with Gasteiger partial charge in [-0.25, -0.2) is 0 Å². The number of unbranched alkanes of at least 4 members (excludes halogenated alkanes) is 10. The van der Waals surface area contributed by atoms with Crippen molar-refractivity contribution in [2.45, 2.75) is 77.0 Å². The van der Waals surface area contributed by atoms with Crippen LogP contribution in [0.25, 0.3) is 0 Å². The molecule has 0 aliphatic heterocycles. The van der Waals surface area contributed by atoms with Gasteiger partial charge < -0.3 is 14.6 Å². The molecule has 0 amide bonds. The van der Waals surface area contributed by atoms with Gasteiger partial charge in [-0.05, 0) is 49.7 Å². The first-order valence-electron chi connectivity index (χ1n) is 9.66. The fraction of sp³-hybridized carbons (Fsp3) is 0.636. The largest absolute Gasteiger partial charge is 0.439 e. The minimum absolute atomic E-state index is 0.300. The van der Waals surface area contributed by atoms with E-state index < -0.39 is 0 Å². The van der Waals surface area contributed by atoms with E-state index in [1.165, 1.54) is 25.7 Å². The van der Waals surface area contributed by atoms with Crippen LogP contribution in [0.3, 0.4) is 0 Å². The van der Waals surface area contributed by atoms with Gasteiger partial charge in [0.1, 0.15) is 0 Å². The van der Waals surface area contributed by atoms with Gasteiger partial charge >= 0.3 is 0 Å². The highest BCUT2D eigenvalue weighted by molar-refractivity contribution is 5.32. The number of rotatable bonds is 12. The first-order chi connectivity index (χ1) is 12.4. The van der Waals surface area contributed by atoms with Crippen molar-refractivity contribution in [3.63, 3.8) is 0 Å². The smallest absolute Gasteiger partial charge is 0.178 e. The summed E-state index contributed by atoms with van der Waals surface area (Å²) in [4.78, 5) is 0. The summed E-state index contributed by atoms with van der Waals surface area (Å²) in [6.07, 6.45) is 12.7. The van der Waals surface area contributed by atoms with Crippen LogP contribution in [0, 0.1) is 23.7 Å². The van der Waals surface area contributed by atoms with Crippen LogP contribution in [0.2, 0.25) is 0 Å². The maximum absolute atomic E-state index is 8.71. The second kappa shape index (κ2) is 15.8. The molecule has 0 radical (unpaired) electrons. The standard InChI is InChI=1S/C22H32O3/c23-19-13-9-5-1-3-7-11-15-21-17-18-22(25-21)16-12-8-4-2-6-10-14-20-24/h17-18,23-24H,1-10,13-14,19-20H2. The Kier molecular flexibility index (Phi) is 13.5. The Balaban J connectivity index is 2.13. The first kappa shape index (κ1) is 21.4. The molecular weight excluding hydrogens is 312 g/mol. The second-order valence-electron chi connectivity index (χ2n) is 6.25. The van der Waals surface area contributed by atoms with E-state index in [4.69, 9.17) is 14.6 Å². The number of aliphatic hydroxyl groups excluding tert-OH is 2. The van der Waals surface area contributed by atoms with Crippen molar-refractivity contribution in [1.29, 1.82) is 0 Å². The summed E-state index contributed by atoms with van der Waals surface area (Å²) >= 11 is 0. The highest BCUT2D eigenvalue weighted by Gasteiger charge is 1.95. The average Bonchev–Trinajstić information content (AvgIpc) is 3.07. The minimum Gasteiger partial charge on any atom is -0.439 e. The van der Waals surface area contributed by atoms with Crippen LogP contribution in [0.15, 0.2) is 16.5 Å². The van der Waals surface area contributed by atoms with Gasteiger partial charge in [-0.15, -0.1) is 0 Å². The Hall–Kier alpha value is -1.68. The van der Waals surface area contributed by atoms with Gasteiger partial charge in [-0.3, -0.25) is 0 Å². The van der Waals surface area contributed by atoms with Crippen molar-refractivity contribution in [2.24, 2.45) is 0 Å². The third-order valence-electron chi connectivity index (χ3n) is 3.95. The van der Waals surface area contributed by atoms with E-state index in [0.717, 1.165) is 51.4 Å². The molecule has 0 atom stereocenters. The zero-order chi connectivity index (χ0) is 18.0. The molecule has 1 heterocycles. The quantitative estimate of drug-likeness (QED) is 0.429. The molecule has 0 aliphatic carbocycles. The zero-order valence-electron chi connectivity index (χ0n) is 15.4. The highest BCUT2D eigenvalue weighted by Crippen LogP contribution is 2.08. The van der Waals surface area contributed by atoms with Crippen molar-refractivity contribution in [1.82, 2.24) is 0 Å². The summed E-state index contributed by atoms with van der Waals surface area (Å²) in [5.41, 5.74) is 0. The van der Waals surface area contributed by atoms with Gasteiger partial charge in [0, 0.05) is 26.1 Å². The van der Waals surface area contributed by atoms with Crippen molar-refractivity contribution in [2.75, 3.05) is 13.2 Å². The zero-order valence-corrected chi connectivity index (χ0v) is 15.4. The molecule has 0 unspecified atom stereocenters. The molecule has 0 saturated heterocycles. The summed E-state index contributed by atoms with van der Waals surface area (Å²) in [7, 11) is 0. The Morgan fingerprint density at radius 2 is 1.00 bits per heavy atom. The predicted molar refractivity (Wildman–Crippen MR) is 102 cm³/mol. The van der Waals surface area contributed by atoms with Gasteiger partial charge in [0.25, 0.3) is 0 Å². The lowest BCUT2D eigenvalue weighted by Crippen LogP contribution is -1.83. The van der Waals surface area contributed by atoms with E-state index in [1.807, 2.05) is 12.1 Å². The van der Waals surface area contributed by atoms with E-state index in [-0.39, 0.29) is 0 Å². The van der Waals surface area contributed by atoms with Crippen LogP contribution < -0.4 is 0 Å². The fourth-order valence-electron chi connectivity index (χ4n) is 2.48. The number of hydrogen-bond acceptors (Lipinski definition) is 3. The molecule has 0 spiro atoms. The summed E-state index contributed by atoms with van der Waals surface area (Å²) in [6.45, 7) is 0.600. The summed E-state index contributed by atoms with van der Waals surface area (Å²) in [6, 6.07) is 3.76. The summed E-state index contributed by atoms with van der Waals surface area (Å²) in [5, 5.41) is 17.4. The number of hydrogen-bond donors (Lipinski definition) is 2. The molecule has 3 nitrogen and oxygen atoms in total. The molecule has 1 aromatic heterocycles. The normalized spacial score (nSPS) is 10.0. The summed E-state index contributed by atoms with van der Waals surface area (Å²) in [5.74, 6) is 13.8. The molecule has 25 heavy (non-hydrogen) atoms. The topological polar surface area (TPSA) is 53.6 Å². The maximum atomic E-state index is 8.71. The van der Waals surface area contributed by atoms with Crippen LogP contribution in [0.5, 0.6) is 0 Å². The molecule has 3 heteroatoms. The van der Waals surface area contributed by atoms with Gasteiger partial charge in [0.15, 0.2) is 11.5 Å². The van der Waals surface area contributed by atoms with Crippen LogP contribution in [-0.4, -0.2) is 23.4 Å². The van der Waals surface area contributed by atoms with E-state index >= 15 is 0 Å². The van der Waals surface area contributed by atoms with Crippen molar-refractivity contribution < 1.29 is 14.6 Å². The van der Waals surface area contributed by atoms with E-state index in [0.29, 0.717) is 24.7 Å². The molecule has 0 saturated carbocycles. The SMILES string of the molecule is OCCCCCCCC#Cc1ccc(C#CCCCCCCCO)o1. The van der Waals surface area contributed by atoms with Gasteiger partial charge in [-0.2, -0.15) is 0 Å². The average molecular weight is 344 g/mol. The van der Waals surface area contributed by atoms with Crippen LogP contribution in [0.1, 0.15) is 88.6 Å². The molecule has 0 aromatic carbocycles. The third kappa shape index (κ3) is 12.3. The number of furan rings is 1. The monoisotopic (exact) mass is 344 g/mol. The molecule has 0 bridgehead atoms. The molecule has 1 rings (SSSR count). The Bertz CT molecular complexity index is 503. The molecule has 138 valence electrons. The molecular formula is C22H32O3. The van der Waals surface area contributed by atoms with E-state index in [9.17, 15) is 0 Å². The molecule has 1 aromatic rings. The molecule has 2 N–H and O–H groups in total. The first-order valence-corrected chi connectivity index (χ1v) is 9.66. The minimum atomic E-state index is 0.300. The van der Waals surface area contributed by atoms with Crippen LogP contribution in [-0.2, 0) is 0 Å². The lowest BCUT2D eigenvalue weighted by atomic mass is 10.1. The fourth-order valence-corrected chi connectivity index (χ4v) is 2.48. The van der Waals surface area contributed by atoms with E-state index in [2.05, 4.69) is 23.7 Å². The van der Waals surface area contributed by atoms with Crippen molar-refractivity contribution in [3.8, 4) is 23.7 Å². The Labute approximate surface area is 152 Å². The third-order valence-corrected chi connectivity index (χ3v) is 3.95. The highest BCUT2D eigenvalue weighted by atomic mass is 16.3. The van der Waals surface area contributed by atoms with Gasteiger partial charge in [0.2, 0.25) is 0 Å². The lowest BCUT2D eigenvalue weighted by molar-refractivity contribution is 0.282. The van der Waals surface area contributed by atoms with Crippen LogP contribution >= 0.6 is 0 Å². The molecule has 0 fully saturated rings. The van der Waals surface area contributed by atoms with Crippen LogP contribution in [0.4, 0.5) is 0 Å². The van der Waals surface area contributed by atoms with Crippen molar-refractivity contribution >= 4 is 0 Å². The Morgan fingerprint density at radius 3 is 1.44 bits per heavy atom. The maximum Gasteiger partial charge on any atom is 0.178 e. The van der Waals surface area contributed by atoms with Crippen molar-refractivity contribution in [3.05, 3.63) is 23.7 Å². The number of aliphatic hydroxyl groups is 2. The molecule has 0 aliphatic rings. The lowest BCUT2D eigenvalue weighted by Gasteiger charge is -1.96. The summed E-state index contributed by atoms with van der Waals surface area (Å²) < 4.78 is 5.60. The predicted octanol–water partition coefficient (Wildman–Crippen LogP) is 4.65. The van der Waals surface area contributed by atoms with Gasteiger partial charge in [0.05, 0.1) is 0 Å².